The third-order valence-corrected chi connectivity index (χ3v) is 6.86. The van der Waals surface area contributed by atoms with E-state index in [9.17, 15) is 48.1 Å². The Labute approximate surface area is 248 Å². The Morgan fingerprint density at radius 3 is 1.49 bits per heavy atom. The highest BCUT2D eigenvalue weighted by Gasteiger charge is 2.43. The maximum Gasteiger partial charge on any atom is 0.478 e. The quantitative estimate of drug-likeness (QED) is 0.115. The molecule has 0 radical (unpaired) electrons. The summed E-state index contributed by atoms with van der Waals surface area (Å²) < 4.78 is 28.4. The van der Waals surface area contributed by atoms with Gasteiger partial charge in [-0.25, -0.2) is 23.5 Å². The molecular formula is C20H30N6O17P2. The zero-order chi connectivity index (χ0) is 34.9. The van der Waals surface area contributed by atoms with Gasteiger partial charge in [0.25, 0.3) is 16.7 Å². The van der Waals surface area contributed by atoms with Crippen molar-refractivity contribution in [2.75, 3.05) is 6.61 Å². The van der Waals surface area contributed by atoms with Crippen LogP contribution in [0.15, 0.2) is 47.4 Å². The first-order chi connectivity index (χ1) is 20.6. The van der Waals surface area contributed by atoms with Gasteiger partial charge in [0.15, 0.2) is 6.23 Å². The topological polar surface area (TPSA) is 381 Å². The summed E-state index contributed by atoms with van der Waals surface area (Å²) in [4.78, 5) is 106. The lowest BCUT2D eigenvalue weighted by Gasteiger charge is -2.17. The Kier molecular flexibility index (Phi) is 14.3. The van der Waals surface area contributed by atoms with Crippen molar-refractivity contribution < 1.29 is 53.1 Å². The van der Waals surface area contributed by atoms with Crippen molar-refractivity contribution in [2.24, 2.45) is 0 Å². The van der Waals surface area contributed by atoms with Gasteiger partial charge >= 0.3 is 32.7 Å². The average Bonchev–Trinajstić information content (AvgIpc) is 3.18. The van der Waals surface area contributed by atoms with Crippen LogP contribution in [-0.2, 0) is 18.2 Å². The van der Waals surface area contributed by atoms with Gasteiger partial charge in [0.05, 0.1) is 6.61 Å². The second-order valence-electron chi connectivity index (χ2n) is 8.78. The van der Waals surface area contributed by atoms with Gasteiger partial charge in [-0.05, 0) is 20.8 Å². The summed E-state index contributed by atoms with van der Waals surface area (Å²) in [5, 5.41) is 28.3. The number of rotatable bonds is 4. The van der Waals surface area contributed by atoms with Crippen LogP contribution in [0.1, 0.15) is 22.9 Å². The molecular weight excluding hydrogens is 658 g/mol. The number of aromatic amines is 5. The van der Waals surface area contributed by atoms with Crippen LogP contribution in [-0.4, -0.2) is 89.3 Å². The minimum Gasteiger partial charge on any atom is -0.394 e. The Balaban J connectivity index is 0.000000321. The van der Waals surface area contributed by atoms with Crippen LogP contribution < -0.4 is 33.7 Å². The van der Waals surface area contributed by atoms with E-state index in [-0.39, 0.29) is 16.7 Å². The fourth-order valence-corrected chi connectivity index (χ4v) is 4.09. The maximum absolute atomic E-state index is 11.6. The van der Waals surface area contributed by atoms with Crippen molar-refractivity contribution in [2.45, 2.75) is 45.3 Å². The van der Waals surface area contributed by atoms with Crippen LogP contribution in [0.2, 0.25) is 0 Å². The van der Waals surface area contributed by atoms with Crippen LogP contribution in [0.5, 0.6) is 0 Å². The number of hydrogen-bond donors (Lipinski definition) is 12. The molecule has 0 unspecified atom stereocenters. The Morgan fingerprint density at radius 1 is 0.756 bits per heavy atom. The predicted molar refractivity (Wildman–Crippen MR) is 149 cm³/mol. The molecule has 12 N–H and O–H groups in total. The molecule has 4 heterocycles. The summed E-state index contributed by atoms with van der Waals surface area (Å²) in [6, 6.07) is 0. The molecule has 1 fully saturated rings. The van der Waals surface area contributed by atoms with E-state index < -0.39 is 69.4 Å². The van der Waals surface area contributed by atoms with Crippen molar-refractivity contribution in [3.63, 3.8) is 0 Å². The van der Waals surface area contributed by atoms with Crippen molar-refractivity contribution in [1.82, 2.24) is 29.5 Å². The largest absolute Gasteiger partial charge is 0.478 e. The van der Waals surface area contributed by atoms with Crippen LogP contribution >= 0.6 is 15.6 Å². The van der Waals surface area contributed by atoms with Gasteiger partial charge in [-0.2, -0.15) is 4.31 Å². The molecule has 0 aromatic carbocycles. The Morgan fingerprint density at radius 2 is 1.18 bits per heavy atom. The van der Waals surface area contributed by atoms with E-state index in [0.717, 1.165) is 4.57 Å². The maximum atomic E-state index is 11.6. The van der Waals surface area contributed by atoms with Crippen LogP contribution in [0.25, 0.3) is 0 Å². The van der Waals surface area contributed by atoms with Gasteiger partial charge in [-0.1, -0.05) is 0 Å². The molecule has 0 bridgehead atoms. The lowest BCUT2D eigenvalue weighted by Crippen LogP contribution is -2.38. The summed E-state index contributed by atoms with van der Waals surface area (Å²) in [5.74, 6) is 0. The summed E-state index contributed by atoms with van der Waals surface area (Å²) in [6.45, 7) is 4.26. The van der Waals surface area contributed by atoms with E-state index in [0.29, 0.717) is 11.1 Å². The highest BCUT2D eigenvalue weighted by atomic mass is 31.3. The normalized spacial score (nSPS) is 19.2. The zero-order valence-electron chi connectivity index (χ0n) is 23.3. The van der Waals surface area contributed by atoms with E-state index in [1.807, 2.05) is 0 Å². The molecule has 25 heteroatoms. The molecule has 3 aromatic rings. The second-order valence-corrected chi connectivity index (χ2v) is 11.4. The highest BCUT2D eigenvalue weighted by molar-refractivity contribution is 7.60. The molecule has 0 spiro atoms. The number of aliphatic hydroxyl groups excluding tert-OH is 3. The number of aryl methyl sites for hydroxylation is 3. The van der Waals surface area contributed by atoms with Crippen LogP contribution in [0.3, 0.4) is 0 Å². The van der Waals surface area contributed by atoms with Crippen LogP contribution in [0, 0.1) is 20.8 Å². The number of nitrogens with zero attached hydrogens (tertiary/aromatic N) is 1. The number of nitrogens with one attached hydrogen (secondary N) is 5. The van der Waals surface area contributed by atoms with E-state index in [4.69, 9.17) is 29.4 Å². The van der Waals surface area contributed by atoms with Gasteiger partial charge in [0, 0.05) is 35.3 Å². The van der Waals surface area contributed by atoms with Crippen molar-refractivity contribution in [1.29, 1.82) is 0 Å². The second kappa shape index (κ2) is 16.5. The molecule has 4 rings (SSSR count). The van der Waals surface area contributed by atoms with Gasteiger partial charge in [-0.15, -0.1) is 0 Å². The minimum atomic E-state index is -5.05. The molecule has 3 aromatic heterocycles. The molecule has 0 saturated carbocycles. The summed E-state index contributed by atoms with van der Waals surface area (Å²) >= 11 is 0. The fourth-order valence-electron chi connectivity index (χ4n) is 2.98. The molecule has 1 aliphatic heterocycles. The first-order valence-electron chi connectivity index (χ1n) is 11.9. The fraction of sp³-hybridized carbons (Fsp3) is 0.400. The van der Waals surface area contributed by atoms with Gasteiger partial charge in [0.2, 0.25) is 0 Å². The smallest absolute Gasteiger partial charge is 0.394 e. The van der Waals surface area contributed by atoms with Gasteiger partial charge < -0.3 is 49.6 Å². The summed E-state index contributed by atoms with van der Waals surface area (Å²) in [5.41, 5.74) is -1.59. The minimum absolute atomic E-state index is 0.271. The third-order valence-electron chi connectivity index (χ3n) is 5.16. The molecule has 45 heavy (non-hydrogen) atoms. The first-order valence-corrected chi connectivity index (χ1v) is 15.0. The lowest BCUT2D eigenvalue weighted by atomic mass is 10.1. The molecule has 4 atom stereocenters. The highest BCUT2D eigenvalue weighted by Crippen LogP contribution is 2.53. The summed E-state index contributed by atoms with van der Waals surface area (Å²) in [6.07, 6.45) is -0.766. The van der Waals surface area contributed by atoms with E-state index in [1.54, 1.807) is 13.8 Å². The molecule has 0 aliphatic carbocycles. The average molecular weight is 688 g/mol. The Hall–Kier alpha value is -3.86. The molecule has 23 nitrogen and oxygen atoms in total. The van der Waals surface area contributed by atoms with E-state index in [2.05, 4.69) is 29.2 Å². The standard InChI is InChI=1S/C10H14N2O6.2C5H6N2O2.H4O7P2/c1-4-2-12(10(17)11-8(4)16)9-7(15)6(14)5(3-13)18-9;2*1-3-2-6-5(9)7-4(3)8;1-8(2,3)7-9(4,5)6/h2,5-7,9,13-15H,3H2,1H3,(H,11,16,17);2*2H,1H3,(H2,6,7,8,9);(H2,1,2,3)(H2,4,5,6)/t5-,6-,7-,9-;;;/m1.../s1. The third kappa shape index (κ3) is 13.3. The number of ether oxygens (including phenoxy) is 1. The zero-order valence-corrected chi connectivity index (χ0v) is 25.1. The molecule has 0 amide bonds. The molecule has 1 aliphatic rings. The number of hydrogen-bond acceptors (Lipinski definition) is 13. The van der Waals surface area contributed by atoms with Crippen LogP contribution in [0.4, 0.5) is 0 Å². The first kappa shape index (κ1) is 39.2. The lowest BCUT2D eigenvalue weighted by molar-refractivity contribution is -0.0551. The van der Waals surface area contributed by atoms with Gasteiger partial charge in [0.1, 0.15) is 18.3 Å². The Bertz CT molecular complexity index is 1790. The van der Waals surface area contributed by atoms with Crippen molar-refractivity contribution in [3.05, 3.63) is 97.8 Å². The SMILES string of the molecule is Cc1c[nH]c(=O)[nH]c1=O.Cc1c[nH]c(=O)[nH]c1=O.Cc1cn([C@@H]2O[C@H](CO)[C@@H](O)[C@H]2O)c(=O)[nH]c1=O.O=P(O)(O)OP(=O)(O)O. The van der Waals surface area contributed by atoms with E-state index >= 15 is 0 Å². The number of aliphatic hydroxyl groups is 3. The monoisotopic (exact) mass is 688 g/mol. The van der Waals surface area contributed by atoms with E-state index in [1.165, 1.54) is 25.5 Å². The van der Waals surface area contributed by atoms with Gasteiger partial charge in [-0.3, -0.25) is 33.9 Å². The number of H-pyrrole nitrogens is 5. The molecule has 1 saturated heterocycles. The predicted octanol–water partition coefficient (Wildman–Crippen LogP) is -4.61. The van der Waals surface area contributed by atoms with Crippen molar-refractivity contribution in [3.8, 4) is 0 Å². The van der Waals surface area contributed by atoms with Crippen molar-refractivity contribution >= 4 is 15.6 Å². The summed E-state index contributed by atoms with van der Waals surface area (Å²) in [7, 11) is -10.1. The number of phosphoric acid groups is 2. The molecule has 252 valence electrons. The number of aromatic nitrogens is 6.